The second-order valence-electron chi connectivity index (χ2n) is 5.33. The Morgan fingerprint density at radius 1 is 1.26 bits per heavy atom. The SMILES string of the molecule is Cc1nc(C)c(-c2nc(CNC(=O)CN3CCOCC3)no2)o1. The van der Waals surface area contributed by atoms with E-state index in [1.165, 1.54) is 0 Å². The van der Waals surface area contributed by atoms with Crippen molar-refractivity contribution in [2.45, 2.75) is 20.4 Å². The second-order valence-corrected chi connectivity index (χ2v) is 5.33. The lowest BCUT2D eigenvalue weighted by molar-refractivity contribution is -0.123. The number of morpholine rings is 1. The highest BCUT2D eigenvalue weighted by Crippen LogP contribution is 2.22. The molecule has 1 amide bonds. The van der Waals surface area contributed by atoms with Gasteiger partial charge in [0.1, 0.15) is 0 Å². The molecule has 1 N–H and O–H groups in total. The Hall–Kier alpha value is -2.26. The van der Waals surface area contributed by atoms with Gasteiger partial charge in [0.25, 0.3) is 5.89 Å². The molecule has 2 aromatic rings. The van der Waals surface area contributed by atoms with Gasteiger partial charge < -0.3 is 19.0 Å². The van der Waals surface area contributed by atoms with Crippen LogP contribution in [0.1, 0.15) is 17.4 Å². The van der Waals surface area contributed by atoms with Gasteiger partial charge in [-0.25, -0.2) is 4.98 Å². The average molecular weight is 321 g/mol. The third-order valence-electron chi connectivity index (χ3n) is 3.48. The van der Waals surface area contributed by atoms with Crippen molar-refractivity contribution in [1.29, 1.82) is 0 Å². The van der Waals surface area contributed by atoms with Crippen molar-refractivity contribution in [2.75, 3.05) is 32.8 Å². The van der Waals surface area contributed by atoms with E-state index < -0.39 is 0 Å². The first-order valence-corrected chi connectivity index (χ1v) is 7.45. The van der Waals surface area contributed by atoms with Crippen LogP contribution >= 0.6 is 0 Å². The molecule has 0 saturated carbocycles. The van der Waals surface area contributed by atoms with Crippen molar-refractivity contribution in [1.82, 2.24) is 25.3 Å². The zero-order valence-corrected chi connectivity index (χ0v) is 13.2. The fourth-order valence-electron chi connectivity index (χ4n) is 2.34. The highest BCUT2D eigenvalue weighted by molar-refractivity contribution is 5.77. The van der Waals surface area contributed by atoms with Gasteiger partial charge in [0.15, 0.2) is 11.7 Å². The van der Waals surface area contributed by atoms with Gasteiger partial charge in [-0.2, -0.15) is 4.98 Å². The van der Waals surface area contributed by atoms with Gasteiger partial charge in [-0.1, -0.05) is 5.16 Å². The van der Waals surface area contributed by atoms with Gasteiger partial charge in [-0.05, 0) is 6.92 Å². The Balaban J connectivity index is 1.53. The molecule has 1 saturated heterocycles. The summed E-state index contributed by atoms with van der Waals surface area (Å²) < 4.78 is 15.8. The molecule has 0 unspecified atom stereocenters. The fourth-order valence-corrected chi connectivity index (χ4v) is 2.34. The third-order valence-corrected chi connectivity index (χ3v) is 3.48. The number of carbonyl (C=O) groups is 1. The number of nitrogens with one attached hydrogen (secondary N) is 1. The Kier molecular flexibility index (Phi) is 4.68. The number of nitrogens with zero attached hydrogens (tertiary/aromatic N) is 4. The summed E-state index contributed by atoms with van der Waals surface area (Å²) in [5.74, 6) is 1.58. The predicted octanol–water partition coefficient (Wildman–Crippen LogP) is 0.290. The van der Waals surface area contributed by atoms with E-state index >= 15 is 0 Å². The topological polar surface area (TPSA) is 107 Å². The number of oxazole rings is 1. The summed E-state index contributed by atoms with van der Waals surface area (Å²) in [7, 11) is 0. The maximum Gasteiger partial charge on any atom is 0.295 e. The zero-order valence-electron chi connectivity index (χ0n) is 13.2. The third kappa shape index (κ3) is 3.93. The van der Waals surface area contributed by atoms with E-state index in [1.54, 1.807) is 13.8 Å². The molecule has 3 rings (SSSR count). The van der Waals surface area contributed by atoms with Gasteiger partial charge in [0.05, 0.1) is 32.0 Å². The van der Waals surface area contributed by atoms with E-state index in [1.807, 2.05) is 4.90 Å². The Morgan fingerprint density at radius 3 is 2.74 bits per heavy atom. The quantitative estimate of drug-likeness (QED) is 0.837. The largest absolute Gasteiger partial charge is 0.436 e. The average Bonchev–Trinajstić information content (AvgIpc) is 3.12. The van der Waals surface area contributed by atoms with Crippen LogP contribution in [0.2, 0.25) is 0 Å². The molecule has 0 spiro atoms. The minimum absolute atomic E-state index is 0.0788. The van der Waals surface area contributed by atoms with Crippen LogP contribution in [0.4, 0.5) is 0 Å². The molecule has 1 aliphatic heterocycles. The molecule has 1 fully saturated rings. The minimum Gasteiger partial charge on any atom is -0.436 e. The number of ether oxygens (including phenoxy) is 1. The summed E-state index contributed by atoms with van der Waals surface area (Å²) in [6.07, 6.45) is 0. The monoisotopic (exact) mass is 321 g/mol. The Morgan fingerprint density at radius 2 is 2.04 bits per heavy atom. The summed E-state index contributed by atoms with van der Waals surface area (Å²) in [5.41, 5.74) is 0.689. The van der Waals surface area contributed by atoms with Crippen molar-refractivity contribution >= 4 is 5.91 Å². The number of carbonyl (C=O) groups excluding carboxylic acids is 1. The number of hydrogen-bond acceptors (Lipinski definition) is 8. The maximum absolute atomic E-state index is 11.9. The molecule has 0 aliphatic carbocycles. The molecular formula is C14H19N5O4. The minimum atomic E-state index is -0.0788. The van der Waals surface area contributed by atoms with E-state index in [-0.39, 0.29) is 18.3 Å². The van der Waals surface area contributed by atoms with Crippen molar-refractivity contribution < 1.29 is 18.5 Å². The van der Waals surface area contributed by atoms with Crippen LogP contribution in [0.3, 0.4) is 0 Å². The first-order valence-electron chi connectivity index (χ1n) is 7.45. The van der Waals surface area contributed by atoms with Crippen LogP contribution in [0.5, 0.6) is 0 Å². The van der Waals surface area contributed by atoms with Gasteiger partial charge in [0.2, 0.25) is 11.7 Å². The van der Waals surface area contributed by atoms with Crippen molar-refractivity contribution in [3.8, 4) is 11.7 Å². The normalized spacial score (nSPS) is 15.7. The number of hydrogen-bond donors (Lipinski definition) is 1. The molecule has 9 heteroatoms. The second kappa shape index (κ2) is 6.88. The van der Waals surface area contributed by atoms with Gasteiger partial charge in [-0.15, -0.1) is 0 Å². The van der Waals surface area contributed by atoms with Crippen molar-refractivity contribution in [2.24, 2.45) is 0 Å². The van der Waals surface area contributed by atoms with Crippen LogP contribution in [-0.2, 0) is 16.1 Å². The molecule has 1 aliphatic rings. The molecule has 3 heterocycles. The van der Waals surface area contributed by atoms with E-state index in [0.29, 0.717) is 42.9 Å². The lowest BCUT2D eigenvalue weighted by atomic mass is 10.4. The molecule has 2 aromatic heterocycles. The lowest BCUT2D eigenvalue weighted by Gasteiger charge is -2.25. The first-order chi connectivity index (χ1) is 11.1. The lowest BCUT2D eigenvalue weighted by Crippen LogP contribution is -2.43. The summed E-state index contributed by atoms with van der Waals surface area (Å²) in [5, 5.41) is 6.62. The molecule has 0 aromatic carbocycles. The van der Waals surface area contributed by atoms with Crippen molar-refractivity contribution in [3.05, 3.63) is 17.4 Å². The molecular weight excluding hydrogens is 302 g/mol. The number of aryl methyl sites for hydroxylation is 2. The fraction of sp³-hybridized carbons (Fsp3) is 0.571. The standard InChI is InChI=1S/C14H19N5O4/c1-9-13(22-10(2)16-9)14-17-11(18-23-14)7-15-12(20)8-19-3-5-21-6-4-19/h3-8H2,1-2H3,(H,15,20). The van der Waals surface area contributed by atoms with E-state index in [0.717, 1.165) is 13.1 Å². The van der Waals surface area contributed by atoms with Crippen LogP contribution in [0, 0.1) is 13.8 Å². The molecule has 0 atom stereocenters. The highest BCUT2D eigenvalue weighted by atomic mass is 16.5. The summed E-state index contributed by atoms with van der Waals surface area (Å²) in [6.45, 7) is 6.97. The molecule has 124 valence electrons. The predicted molar refractivity (Wildman–Crippen MR) is 78.4 cm³/mol. The number of rotatable bonds is 5. The Bertz CT molecular complexity index is 675. The molecule has 9 nitrogen and oxygen atoms in total. The van der Waals surface area contributed by atoms with Gasteiger partial charge in [0, 0.05) is 20.0 Å². The number of aromatic nitrogens is 3. The van der Waals surface area contributed by atoms with E-state index in [2.05, 4.69) is 20.4 Å². The van der Waals surface area contributed by atoms with Gasteiger partial charge >= 0.3 is 0 Å². The summed E-state index contributed by atoms with van der Waals surface area (Å²) in [6, 6.07) is 0. The summed E-state index contributed by atoms with van der Waals surface area (Å²) in [4.78, 5) is 22.3. The zero-order chi connectivity index (χ0) is 16.2. The summed E-state index contributed by atoms with van der Waals surface area (Å²) >= 11 is 0. The van der Waals surface area contributed by atoms with Crippen LogP contribution in [-0.4, -0.2) is 58.8 Å². The van der Waals surface area contributed by atoms with Gasteiger partial charge in [-0.3, -0.25) is 9.69 Å². The van der Waals surface area contributed by atoms with Crippen LogP contribution in [0.25, 0.3) is 11.7 Å². The molecule has 0 bridgehead atoms. The van der Waals surface area contributed by atoms with E-state index in [4.69, 9.17) is 13.7 Å². The highest BCUT2D eigenvalue weighted by Gasteiger charge is 2.18. The molecule has 0 radical (unpaired) electrons. The Labute approximate surface area is 133 Å². The van der Waals surface area contributed by atoms with Crippen molar-refractivity contribution in [3.63, 3.8) is 0 Å². The smallest absolute Gasteiger partial charge is 0.295 e. The first kappa shape index (κ1) is 15.6. The maximum atomic E-state index is 11.9. The van der Waals surface area contributed by atoms with E-state index in [9.17, 15) is 4.79 Å². The number of amides is 1. The molecule has 23 heavy (non-hydrogen) atoms. The van der Waals surface area contributed by atoms with Crippen LogP contribution < -0.4 is 5.32 Å². The van der Waals surface area contributed by atoms with Crippen LogP contribution in [0.15, 0.2) is 8.94 Å².